The number of methoxy groups -OCH3 is 2. The van der Waals surface area contributed by atoms with Crippen LogP contribution in [0.2, 0.25) is 0 Å². The van der Waals surface area contributed by atoms with E-state index in [0.717, 1.165) is 14.7 Å². The van der Waals surface area contributed by atoms with Crippen LogP contribution in [0.25, 0.3) is 0 Å². The molecule has 1 aromatic heterocycles. The number of nitrogens with one attached hydrogen (secondary N) is 1. The number of carbonyl (C=O) groups excluding carboxylic acids is 1. The summed E-state index contributed by atoms with van der Waals surface area (Å²) in [6.45, 7) is 1.36. The Hall–Kier alpha value is -3.37. The van der Waals surface area contributed by atoms with Gasteiger partial charge in [0, 0.05) is 10.9 Å². The minimum Gasteiger partial charge on any atom is -0.497 e. The normalized spacial score (nSPS) is 11.3. The Morgan fingerprint density at radius 1 is 1.12 bits per heavy atom. The third kappa shape index (κ3) is 5.45. The lowest BCUT2D eigenvalue weighted by Crippen LogP contribution is -2.39. The van der Waals surface area contributed by atoms with Crippen molar-refractivity contribution in [3.05, 3.63) is 70.4 Å². The number of ether oxygens (including phenoxy) is 2. The number of carbonyl (C=O) groups is 1. The molecule has 3 rings (SSSR count). The van der Waals surface area contributed by atoms with Crippen molar-refractivity contribution in [3.8, 4) is 11.5 Å². The highest BCUT2D eigenvalue weighted by atomic mass is 32.2. The molecule has 0 spiro atoms. The highest BCUT2D eigenvalue weighted by molar-refractivity contribution is 7.92. The highest BCUT2D eigenvalue weighted by Crippen LogP contribution is 2.35. The molecule has 0 aliphatic heterocycles. The smallest absolute Gasteiger partial charge is 0.264 e. The molecule has 0 fully saturated rings. The number of sulfonamides is 1. The third-order valence-electron chi connectivity index (χ3n) is 4.48. The first-order valence-electron chi connectivity index (χ1n) is 9.52. The molecule has 0 atom stereocenters. The second-order valence-corrected chi connectivity index (χ2v) is 9.51. The van der Waals surface area contributed by atoms with Crippen molar-refractivity contribution in [3.63, 3.8) is 0 Å². The van der Waals surface area contributed by atoms with Crippen molar-refractivity contribution in [2.45, 2.75) is 11.8 Å². The number of anilines is 1. The number of nitrogens with zero attached hydrogens (tertiary/aromatic N) is 2. The van der Waals surface area contributed by atoms with Crippen molar-refractivity contribution >= 4 is 39.2 Å². The molecular formula is C22H23N3O5S2. The molecular weight excluding hydrogens is 450 g/mol. The fourth-order valence-corrected chi connectivity index (χ4v) is 4.84. The Balaban J connectivity index is 1.96. The Kier molecular flexibility index (Phi) is 7.49. The first-order valence-corrected chi connectivity index (χ1v) is 11.8. The number of aryl methyl sites for hydroxylation is 1. The first kappa shape index (κ1) is 23.3. The van der Waals surface area contributed by atoms with Crippen molar-refractivity contribution in [1.82, 2.24) is 5.43 Å². The van der Waals surface area contributed by atoms with E-state index < -0.39 is 22.5 Å². The number of thiophene rings is 1. The van der Waals surface area contributed by atoms with Gasteiger partial charge < -0.3 is 9.47 Å². The number of rotatable bonds is 9. The molecule has 0 aliphatic rings. The average molecular weight is 474 g/mol. The van der Waals surface area contributed by atoms with Gasteiger partial charge in [0.25, 0.3) is 15.9 Å². The van der Waals surface area contributed by atoms with E-state index in [1.54, 1.807) is 24.3 Å². The molecule has 32 heavy (non-hydrogen) atoms. The van der Waals surface area contributed by atoms with Crippen LogP contribution in [0.5, 0.6) is 11.5 Å². The predicted molar refractivity (Wildman–Crippen MR) is 125 cm³/mol. The maximum Gasteiger partial charge on any atom is 0.264 e. The maximum atomic E-state index is 13.5. The largest absolute Gasteiger partial charge is 0.497 e. The number of hydrazone groups is 1. The van der Waals surface area contributed by atoms with Gasteiger partial charge in [0.05, 0.1) is 31.0 Å². The Labute approximate surface area is 191 Å². The van der Waals surface area contributed by atoms with Crippen LogP contribution in [0.15, 0.2) is 70.0 Å². The molecule has 8 nitrogen and oxygen atoms in total. The van der Waals surface area contributed by atoms with Gasteiger partial charge in [0.2, 0.25) is 0 Å². The average Bonchev–Trinajstić information content (AvgIpc) is 3.31. The Morgan fingerprint density at radius 2 is 1.88 bits per heavy atom. The summed E-state index contributed by atoms with van der Waals surface area (Å²) in [5.74, 6) is 0.129. The summed E-state index contributed by atoms with van der Waals surface area (Å²) in [4.78, 5) is 13.5. The molecule has 2 aromatic carbocycles. The number of benzene rings is 2. The van der Waals surface area contributed by atoms with Crippen molar-refractivity contribution in [1.29, 1.82) is 0 Å². The van der Waals surface area contributed by atoms with E-state index in [9.17, 15) is 13.2 Å². The number of amides is 1. The molecule has 0 aliphatic carbocycles. The summed E-state index contributed by atoms with van der Waals surface area (Å²) < 4.78 is 38.5. The molecule has 0 radical (unpaired) electrons. The molecule has 10 heteroatoms. The summed E-state index contributed by atoms with van der Waals surface area (Å²) in [5, 5.41) is 5.79. The quantitative estimate of drug-likeness (QED) is 0.379. The van der Waals surface area contributed by atoms with E-state index in [2.05, 4.69) is 10.5 Å². The molecule has 1 N–H and O–H groups in total. The van der Waals surface area contributed by atoms with E-state index in [4.69, 9.17) is 9.47 Å². The maximum absolute atomic E-state index is 13.5. The lowest BCUT2D eigenvalue weighted by atomic mass is 10.2. The van der Waals surface area contributed by atoms with E-state index in [-0.39, 0.29) is 16.3 Å². The lowest BCUT2D eigenvalue weighted by molar-refractivity contribution is -0.119. The first-order chi connectivity index (χ1) is 15.3. The second-order valence-electron chi connectivity index (χ2n) is 6.67. The molecule has 0 unspecified atom stereocenters. The van der Waals surface area contributed by atoms with Crippen LogP contribution < -0.4 is 19.2 Å². The van der Waals surface area contributed by atoms with Crippen LogP contribution in [0, 0.1) is 6.92 Å². The van der Waals surface area contributed by atoms with Gasteiger partial charge in [-0.3, -0.25) is 9.10 Å². The monoisotopic (exact) mass is 473 g/mol. The molecule has 1 heterocycles. The van der Waals surface area contributed by atoms with Crippen LogP contribution >= 0.6 is 11.3 Å². The third-order valence-corrected chi connectivity index (χ3v) is 7.06. The highest BCUT2D eigenvalue weighted by Gasteiger charge is 2.29. The van der Waals surface area contributed by atoms with Crippen molar-refractivity contribution in [2.75, 3.05) is 25.1 Å². The van der Waals surface area contributed by atoms with Crippen molar-refractivity contribution in [2.24, 2.45) is 5.10 Å². The van der Waals surface area contributed by atoms with Crippen LogP contribution in [-0.4, -0.2) is 41.3 Å². The molecule has 168 valence electrons. The molecule has 1 amide bonds. The SMILES string of the molecule is COc1ccc(N(CC(=O)N/N=C\c2cccs2)S(=O)(=O)c2ccc(C)cc2)c(OC)c1. The Bertz CT molecular complexity index is 1190. The number of hydrogen-bond acceptors (Lipinski definition) is 7. The second kappa shape index (κ2) is 10.3. The zero-order valence-corrected chi connectivity index (χ0v) is 19.4. The van der Waals surface area contributed by atoms with E-state index in [0.29, 0.717) is 5.75 Å². The standard InChI is InChI=1S/C22H23N3O5S2/c1-16-6-9-19(10-7-16)32(27,28)25(20-11-8-17(29-2)13-21(20)30-3)15-22(26)24-23-14-18-5-4-12-31-18/h4-14H,15H2,1-3H3,(H,24,26)/b23-14-. The lowest BCUT2D eigenvalue weighted by Gasteiger charge is -2.25. The Morgan fingerprint density at radius 3 is 2.50 bits per heavy atom. The molecule has 0 saturated heterocycles. The fourth-order valence-electron chi connectivity index (χ4n) is 2.83. The van der Waals surface area contributed by atoms with Crippen LogP contribution in [0.4, 0.5) is 5.69 Å². The van der Waals surface area contributed by atoms with Gasteiger partial charge in [-0.25, -0.2) is 13.8 Å². The van der Waals surface area contributed by atoms with E-state index in [1.165, 1.54) is 50.0 Å². The van der Waals surface area contributed by atoms with Crippen LogP contribution in [-0.2, 0) is 14.8 Å². The predicted octanol–water partition coefficient (Wildman–Crippen LogP) is 3.42. The topological polar surface area (TPSA) is 97.3 Å². The van der Waals surface area contributed by atoms with E-state index in [1.807, 2.05) is 24.4 Å². The van der Waals surface area contributed by atoms with Gasteiger partial charge in [-0.15, -0.1) is 11.3 Å². The summed E-state index contributed by atoms with van der Waals surface area (Å²) in [6.07, 6.45) is 1.50. The minimum atomic E-state index is -4.08. The van der Waals surface area contributed by atoms with Crippen molar-refractivity contribution < 1.29 is 22.7 Å². The minimum absolute atomic E-state index is 0.0517. The van der Waals surface area contributed by atoms with Crippen LogP contribution in [0.3, 0.4) is 0 Å². The van der Waals surface area contributed by atoms with E-state index >= 15 is 0 Å². The van der Waals surface area contributed by atoms with Gasteiger partial charge >= 0.3 is 0 Å². The van der Waals surface area contributed by atoms with Gasteiger partial charge in [-0.05, 0) is 42.6 Å². The fraction of sp³-hybridized carbons (Fsp3) is 0.182. The molecule has 0 bridgehead atoms. The van der Waals surface area contributed by atoms with Crippen LogP contribution in [0.1, 0.15) is 10.4 Å². The zero-order valence-electron chi connectivity index (χ0n) is 17.8. The molecule has 3 aromatic rings. The van der Waals surface area contributed by atoms with Gasteiger partial charge in [-0.1, -0.05) is 23.8 Å². The summed E-state index contributed by atoms with van der Waals surface area (Å²) in [5.41, 5.74) is 3.49. The summed E-state index contributed by atoms with van der Waals surface area (Å²) >= 11 is 1.46. The summed E-state index contributed by atoms with van der Waals surface area (Å²) in [7, 11) is -1.17. The van der Waals surface area contributed by atoms with Gasteiger partial charge in [0.1, 0.15) is 18.0 Å². The van der Waals surface area contributed by atoms with Gasteiger partial charge in [-0.2, -0.15) is 5.10 Å². The van der Waals surface area contributed by atoms with Gasteiger partial charge in [0.15, 0.2) is 0 Å². The zero-order chi connectivity index (χ0) is 23.1. The molecule has 0 saturated carbocycles. The summed E-state index contributed by atoms with van der Waals surface area (Å²) in [6, 6.07) is 14.8. The number of hydrogen-bond donors (Lipinski definition) is 1.